The molecule has 0 saturated heterocycles. The average molecular weight is 363 g/mol. The van der Waals surface area contributed by atoms with Crippen LogP contribution in [-0.2, 0) is 9.53 Å². The van der Waals surface area contributed by atoms with Gasteiger partial charge in [0.1, 0.15) is 12.4 Å². The maximum absolute atomic E-state index is 12.1. The molecule has 2 aromatic rings. The van der Waals surface area contributed by atoms with Crippen LogP contribution in [0.3, 0.4) is 0 Å². The summed E-state index contributed by atoms with van der Waals surface area (Å²) in [5, 5.41) is 0.306. The van der Waals surface area contributed by atoms with Gasteiger partial charge in [0.15, 0.2) is 23.9 Å². The highest BCUT2D eigenvalue weighted by atomic mass is 35.5. The van der Waals surface area contributed by atoms with Crippen LogP contribution in [0.4, 0.5) is 0 Å². The Bertz CT molecular complexity index is 804. The van der Waals surface area contributed by atoms with Gasteiger partial charge >= 0.3 is 5.97 Å². The molecule has 6 nitrogen and oxygen atoms in total. The van der Waals surface area contributed by atoms with Gasteiger partial charge in [0.05, 0.1) is 12.1 Å². The zero-order valence-corrected chi connectivity index (χ0v) is 14.1. The second-order valence-electron chi connectivity index (χ2n) is 5.24. The summed E-state index contributed by atoms with van der Waals surface area (Å²) >= 11 is 5.98. The van der Waals surface area contributed by atoms with Crippen LogP contribution in [0.1, 0.15) is 10.4 Å². The van der Waals surface area contributed by atoms with E-state index < -0.39 is 18.7 Å². The number of hydrogen-bond acceptors (Lipinski definition) is 6. The van der Waals surface area contributed by atoms with Gasteiger partial charge in [-0.05, 0) is 30.3 Å². The fourth-order valence-electron chi connectivity index (χ4n) is 2.29. The molecule has 130 valence electrons. The number of rotatable bonds is 5. The Balaban J connectivity index is 1.57. The second-order valence-corrected chi connectivity index (χ2v) is 5.65. The summed E-state index contributed by atoms with van der Waals surface area (Å²) in [5.74, 6) is 0.443. The number of benzene rings is 2. The molecule has 2 aromatic carbocycles. The summed E-state index contributed by atoms with van der Waals surface area (Å²) in [7, 11) is 1.48. The van der Waals surface area contributed by atoms with Crippen molar-refractivity contribution >= 4 is 23.4 Å². The Hall–Kier alpha value is -2.73. The average Bonchev–Trinajstić information content (AvgIpc) is 2.65. The van der Waals surface area contributed by atoms with E-state index in [1.807, 2.05) is 0 Å². The number of halogens is 1. The lowest BCUT2D eigenvalue weighted by Gasteiger charge is -2.24. The minimum absolute atomic E-state index is 0.0262. The molecular weight excluding hydrogens is 348 g/mol. The smallest absolute Gasteiger partial charge is 0.351 e. The van der Waals surface area contributed by atoms with Crippen LogP contribution in [0.15, 0.2) is 42.5 Å². The van der Waals surface area contributed by atoms with E-state index in [2.05, 4.69) is 0 Å². The summed E-state index contributed by atoms with van der Waals surface area (Å²) in [4.78, 5) is 24.2. The molecule has 25 heavy (non-hydrogen) atoms. The third kappa shape index (κ3) is 3.85. The molecule has 0 fully saturated rings. The van der Waals surface area contributed by atoms with Crippen molar-refractivity contribution < 1.29 is 28.5 Å². The number of methoxy groups -OCH3 is 1. The van der Waals surface area contributed by atoms with Crippen LogP contribution in [0.25, 0.3) is 0 Å². The normalized spacial score (nSPS) is 15.4. The van der Waals surface area contributed by atoms with Crippen LogP contribution >= 0.6 is 11.6 Å². The lowest BCUT2D eigenvalue weighted by molar-refractivity contribution is -0.153. The van der Waals surface area contributed by atoms with Gasteiger partial charge in [-0.15, -0.1) is 0 Å². The fourth-order valence-corrected chi connectivity index (χ4v) is 2.55. The van der Waals surface area contributed by atoms with E-state index in [9.17, 15) is 9.59 Å². The first-order valence-corrected chi connectivity index (χ1v) is 7.88. The maximum Gasteiger partial charge on any atom is 0.351 e. The minimum atomic E-state index is -0.915. The SMILES string of the molecule is COc1ccc(C(=O)COC(=O)[C@@H]2COc3ccccc3O2)cc1Cl. The van der Waals surface area contributed by atoms with Gasteiger partial charge < -0.3 is 18.9 Å². The van der Waals surface area contributed by atoms with Crippen LogP contribution in [0.5, 0.6) is 17.2 Å². The second kappa shape index (κ2) is 7.44. The van der Waals surface area contributed by atoms with Crippen molar-refractivity contribution in [1.82, 2.24) is 0 Å². The van der Waals surface area contributed by atoms with E-state index in [0.717, 1.165) is 0 Å². The predicted molar refractivity (Wildman–Crippen MR) is 89.6 cm³/mol. The highest BCUT2D eigenvalue weighted by Crippen LogP contribution is 2.31. The van der Waals surface area contributed by atoms with Crippen molar-refractivity contribution in [3.05, 3.63) is 53.1 Å². The van der Waals surface area contributed by atoms with E-state index in [1.54, 1.807) is 36.4 Å². The third-order valence-electron chi connectivity index (χ3n) is 3.59. The number of hydrogen-bond donors (Lipinski definition) is 0. The molecule has 1 aliphatic rings. The minimum Gasteiger partial charge on any atom is -0.495 e. The monoisotopic (exact) mass is 362 g/mol. The third-order valence-corrected chi connectivity index (χ3v) is 3.89. The molecule has 0 aromatic heterocycles. The summed E-state index contributed by atoms with van der Waals surface area (Å²) in [6.07, 6.45) is -0.915. The number of Topliss-reactive ketones (excluding diaryl/α,β-unsaturated/α-hetero) is 1. The molecule has 0 radical (unpaired) electrons. The van der Waals surface area contributed by atoms with Crippen molar-refractivity contribution in [3.63, 3.8) is 0 Å². The van der Waals surface area contributed by atoms with Gasteiger partial charge in [-0.3, -0.25) is 4.79 Å². The molecule has 0 spiro atoms. The summed E-state index contributed by atoms with van der Waals surface area (Å²) in [6, 6.07) is 11.6. The summed E-state index contributed by atoms with van der Waals surface area (Å²) < 4.78 is 21.0. The highest BCUT2D eigenvalue weighted by Gasteiger charge is 2.29. The van der Waals surface area contributed by atoms with Gasteiger partial charge in [-0.1, -0.05) is 23.7 Å². The van der Waals surface area contributed by atoms with Gasteiger partial charge in [0, 0.05) is 5.56 Å². The lowest BCUT2D eigenvalue weighted by atomic mass is 10.1. The first-order valence-electron chi connectivity index (χ1n) is 7.50. The number of esters is 1. The van der Waals surface area contributed by atoms with Gasteiger partial charge in [-0.25, -0.2) is 4.79 Å². The number of para-hydroxylation sites is 2. The maximum atomic E-state index is 12.1. The molecule has 1 aliphatic heterocycles. The largest absolute Gasteiger partial charge is 0.495 e. The molecule has 0 saturated carbocycles. The topological polar surface area (TPSA) is 71.1 Å². The predicted octanol–water partition coefficient (Wildman–Crippen LogP) is 2.91. The molecule has 1 atom stereocenters. The van der Waals surface area contributed by atoms with Crippen molar-refractivity contribution in [2.75, 3.05) is 20.3 Å². The lowest BCUT2D eigenvalue weighted by Crippen LogP contribution is -2.38. The standard InChI is InChI=1S/C18H15ClO6/c1-22-14-7-6-11(8-12(14)19)13(20)9-24-18(21)17-10-23-15-4-2-3-5-16(15)25-17/h2-8,17H,9-10H2,1H3/t17-/m0/s1. The van der Waals surface area contributed by atoms with E-state index in [1.165, 1.54) is 13.2 Å². The summed E-state index contributed by atoms with van der Waals surface area (Å²) in [5.41, 5.74) is 0.324. The highest BCUT2D eigenvalue weighted by molar-refractivity contribution is 6.32. The van der Waals surface area contributed by atoms with Crippen molar-refractivity contribution in [2.45, 2.75) is 6.10 Å². The molecule has 0 amide bonds. The van der Waals surface area contributed by atoms with Gasteiger partial charge in [-0.2, -0.15) is 0 Å². The molecule has 0 N–H and O–H groups in total. The molecular formula is C18H15ClO6. The number of carbonyl (C=O) groups is 2. The van der Waals surface area contributed by atoms with Crippen molar-refractivity contribution in [1.29, 1.82) is 0 Å². The summed E-state index contributed by atoms with van der Waals surface area (Å²) in [6.45, 7) is -0.388. The number of ketones is 1. The van der Waals surface area contributed by atoms with Gasteiger partial charge in [0.2, 0.25) is 6.10 Å². The number of ether oxygens (including phenoxy) is 4. The van der Waals surface area contributed by atoms with Crippen LogP contribution < -0.4 is 14.2 Å². The van der Waals surface area contributed by atoms with Crippen LogP contribution in [0, 0.1) is 0 Å². The Morgan fingerprint density at radius 1 is 1.20 bits per heavy atom. The Morgan fingerprint density at radius 3 is 2.68 bits per heavy atom. The van der Waals surface area contributed by atoms with E-state index in [0.29, 0.717) is 27.8 Å². The van der Waals surface area contributed by atoms with E-state index >= 15 is 0 Å². The first kappa shape index (κ1) is 17.1. The number of carbonyl (C=O) groups excluding carboxylic acids is 2. The van der Waals surface area contributed by atoms with Crippen molar-refractivity contribution in [3.8, 4) is 17.2 Å². The number of fused-ring (bicyclic) bond motifs is 1. The van der Waals surface area contributed by atoms with Crippen LogP contribution in [-0.4, -0.2) is 38.2 Å². The molecule has 7 heteroatoms. The molecule has 1 heterocycles. The van der Waals surface area contributed by atoms with Crippen molar-refractivity contribution in [2.24, 2.45) is 0 Å². The Kier molecular flexibility index (Phi) is 5.09. The molecule has 0 unspecified atom stereocenters. The zero-order chi connectivity index (χ0) is 17.8. The van der Waals surface area contributed by atoms with E-state index in [4.69, 9.17) is 30.5 Å². The Morgan fingerprint density at radius 2 is 1.96 bits per heavy atom. The quantitative estimate of drug-likeness (QED) is 0.601. The van der Waals surface area contributed by atoms with E-state index in [-0.39, 0.29) is 12.4 Å². The molecule has 0 bridgehead atoms. The first-order chi connectivity index (χ1) is 12.1. The fraction of sp³-hybridized carbons (Fsp3) is 0.222. The molecule has 0 aliphatic carbocycles. The van der Waals surface area contributed by atoms with Gasteiger partial charge in [0.25, 0.3) is 0 Å². The Labute approximate surface area is 149 Å². The molecule has 3 rings (SSSR count). The zero-order valence-electron chi connectivity index (χ0n) is 13.4. The van der Waals surface area contributed by atoms with Crippen LogP contribution in [0.2, 0.25) is 5.02 Å².